The van der Waals surface area contributed by atoms with Gasteiger partial charge in [0, 0.05) is 6.07 Å². The first kappa shape index (κ1) is 11.3. The summed E-state index contributed by atoms with van der Waals surface area (Å²) in [7, 11) is 0. The predicted octanol–water partition coefficient (Wildman–Crippen LogP) is 2.68. The third-order valence-corrected chi connectivity index (χ3v) is 2.22. The molecule has 0 spiro atoms. The zero-order valence-corrected chi connectivity index (χ0v) is 9.45. The summed E-state index contributed by atoms with van der Waals surface area (Å²) >= 11 is 0. The molecule has 1 aromatic carbocycles. The summed E-state index contributed by atoms with van der Waals surface area (Å²) in [5.74, 6) is -0.946. The number of halogens is 1. The van der Waals surface area contributed by atoms with Crippen LogP contribution in [-0.2, 0) is 0 Å². The van der Waals surface area contributed by atoms with Gasteiger partial charge in [0.15, 0.2) is 0 Å². The molecule has 17 heavy (non-hydrogen) atoms. The Morgan fingerprint density at radius 1 is 1.35 bits per heavy atom. The summed E-state index contributed by atoms with van der Waals surface area (Å²) < 4.78 is 18.2. The average molecular weight is 234 g/mol. The molecule has 5 heteroatoms. The Kier molecular flexibility index (Phi) is 2.91. The summed E-state index contributed by atoms with van der Waals surface area (Å²) in [4.78, 5) is 11.7. The third kappa shape index (κ3) is 2.50. The number of benzene rings is 1. The fourth-order valence-corrected chi connectivity index (χ4v) is 1.39. The number of hydrogen-bond acceptors (Lipinski definition) is 3. The molecule has 2 rings (SSSR count). The number of nitrogens with one attached hydrogen (secondary N) is 1. The minimum atomic E-state index is -0.518. The molecule has 0 unspecified atom stereocenters. The molecule has 0 atom stereocenters. The van der Waals surface area contributed by atoms with Crippen molar-refractivity contribution in [1.29, 1.82) is 0 Å². The second kappa shape index (κ2) is 4.37. The maximum absolute atomic E-state index is 13.4. The molecule has 0 radical (unpaired) electrons. The first-order valence-electron chi connectivity index (χ1n) is 5.07. The van der Waals surface area contributed by atoms with E-state index in [1.54, 1.807) is 19.1 Å². The Bertz CT molecular complexity index is 563. The van der Waals surface area contributed by atoms with Crippen molar-refractivity contribution in [2.75, 3.05) is 5.32 Å². The first-order valence-corrected chi connectivity index (χ1v) is 5.07. The van der Waals surface area contributed by atoms with E-state index < -0.39 is 11.7 Å². The smallest absolute Gasteiger partial charge is 0.294 e. The molecule has 2 aromatic rings. The zero-order chi connectivity index (χ0) is 12.4. The maximum Gasteiger partial charge on any atom is 0.294 e. The van der Waals surface area contributed by atoms with Crippen molar-refractivity contribution in [3.05, 3.63) is 47.1 Å². The quantitative estimate of drug-likeness (QED) is 0.869. The van der Waals surface area contributed by atoms with E-state index in [2.05, 4.69) is 10.5 Å². The highest BCUT2D eigenvalue weighted by atomic mass is 19.1. The molecule has 1 amide bonds. The van der Waals surface area contributed by atoms with Gasteiger partial charge in [-0.3, -0.25) is 4.79 Å². The second-order valence-corrected chi connectivity index (χ2v) is 3.77. The number of aromatic nitrogens is 1. The monoisotopic (exact) mass is 234 g/mol. The van der Waals surface area contributed by atoms with Crippen LogP contribution in [0.1, 0.15) is 21.8 Å². The third-order valence-electron chi connectivity index (χ3n) is 2.22. The fraction of sp³-hybridized carbons (Fsp3) is 0.167. The van der Waals surface area contributed by atoms with Crippen LogP contribution in [0.3, 0.4) is 0 Å². The van der Waals surface area contributed by atoms with Crippen molar-refractivity contribution in [2.45, 2.75) is 13.8 Å². The molecule has 0 fully saturated rings. The van der Waals surface area contributed by atoms with Gasteiger partial charge in [0.05, 0.1) is 11.4 Å². The van der Waals surface area contributed by atoms with E-state index in [0.717, 1.165) is 5.56 Å². The minimum Gasteiger partial charge on any atom is -0.351 e. The number of anilines is 1. The number of amides is 1. The number of hydrogen-bond donors (Lipinski definition) is 1. The SMILES string of the molecule is Cc1ccc(F)c(NC(=O)c2cc(C)no2)c1. The standard InChI is InChI=1S/C12H11FN2O2/c1-7-3-4-9(13)10(5-7)14-12(16)11-6-8(2)15-17-11/h3-6H,1-2H3,(H,14,16). The van der Waals surface area contributed by atoms with Crippen LogP contribution in [0.25, 0.3) is 0 Å². The molecular weight excluding hydrogens is 223 g/mol. The van der Waals surface area contributed by atoms with Crippen LogP contribution in [0.15, 0.2) is 28.8 Å². The van der Waals surface area contributed by atoms with Crippen LogP contribution < -0.4 is 5.32 Å². The summed E-state index contributed by atoms with van der Waals surface area (Å²) in [5, 5.41) is 6.02. The highest BCUT2D eigenvalue weighted by molar-refractivity contribution is 6.02. The largest absolute Gasteiger partial charge is 0.351 e. The lowest BCUT2D eigenvalue weighted by Crippen LogP contribution is -2.12. The van der Waals surface area contributed by atoms with Crippen molar-refractivity contribution in [3.8, 4) is 0 Å². The van der Waals surface area contributed by atoms with Gasteiger partial charge < -0.3 is 9.84 Å². The maximum atomic E-state index is 13.4. The van der Waals surface area contributed by atoms with Crippen molar-refractivity contribution in [2.24, 2.45) is 0 Å². The van der Waals surface area contributed by atoms with E-state index in [1.165, 1.54) is 12.1 Å². The lowest BCUT2D eigenvalue weighted by molar-refractivity contribution is 0.0987. The van der Waals surface area contributed by atoms with Gasteiger partial charge in [-0.1, -0.05) is 11.2 Å². The number of carbonyl (C=O) groups is 1. The first-order chi connectivity index (χ1) is 8.06. The van der Waals surface area contributed by atoms with Crippen LogP contribution >= 0.6 is 0 Å². The average Bonchev–Trinajstić information content (AvgIpc) is 2.70. The van der Waals surface area contributed by atoms with Crippen LogP contribution in [-0.4, -0.2) is 11.1 Å². The van der Waals surface area contributed by atoms with Crippen LogP contribution in [0.2, 0.25) is 0 Å². The van der Waals surface area contributed by atoms with Crippen molar-refractivity contribution < 1.29 is 13.7 Å². The van der Waals surface area contributed by atoms with Crippen LogP contribution in [0, 0.1) is 19.7 Å². The van der Waals surface area contributed by atoms with E-state index >= 15 is 0 Å². The van der Waals surface area contributed by atoms with E-state index in [4.69, 9.17) is 4.52 Å². The van der Waals surface area contributed by atoms with Gasteiger partial charge in [-0.05, 0) is 31.5 Å². The number of carbonyl (C=O) groups excluding carboxylic acids is 1. The highest BCUT2D eigenvalue weighted by Gasteiger charge is 2.13. The fourth-order valence-electron chi connectivity index (χ4n) is 1.39. The van der Waals surface area contributed by atoms with Gasteiger partial charge in [-0.25, -0.2) is 4.39 Å². The van der Waals surface area contributed by atoms with Gasteiger partial charge in [-0.15, -0.1) is 0 Å². The summed E-state index contributed by atoms with van der Waals surface area (Å²) in [6, 6.07) is 5.97. The molecule has 0 saturated carbocycles. The summed E-state index contributed by atoms with van der Waals surface area (Å²) in [6.45, 7) is 3.52. The van der Waals surface area contributed by atoms with Crippen molar-refractivity contribution >= 4 is 11.6 Å². The van der Waals surface area contributed by atoms with Crippen molar-refractivity contribution in [1.82, 2.24) is 5.16 Å². The topological polar surface area (TPSA) is 55.1 Å². The highest BCUT2D eigenvalue weighted by Crippen LogP contribution is 2.16. The molecule has 1 heterocycles. The van der Waals surface area contributed by atoms with Gasteiger partial charge in [0.25, 0.3) is 5.91 Å². The molecular formula is C12H11FN2O2. The van der Waals surface area contributed by atoms with Gasteiger partial charge in [0.2, 0.25) is 5.76 Å². The Labute approximate surface area is 97.4 Å². The Morgan fingerprint density at radius 2 is 2.12 bits per heavy atom. The minimum absolute atomic E-state index is 0.0587. The van der Waals surface area contributed by atoms with E-state index in [0.29, 0.717) is 5.69 Å². The molecule has 88 valence electrons. The van der Waals surface area contributed by atoms with E-state index in [9.17, 15) is 9.18 Å². The molecule has 1 N–H and O–H groups in total. The van der Waals surface area contributed by atoms with Crippen molar-refractivity contribution in [3.63, 3.8) is 0 Å². The number of rotatable bonds is 2. The normalized spacial score (nSPS) is 10.3. The molecule has 1 aromatic heterocycles. The van der Waals surface area contributed by atoms with Crippen LogP contribution in [0.4, 0.5) is 10.1 Å². The molecule has 4 nitrogen and oxygen atoms in total. The van der Waals surface area contributed by atoms with E-state index in [-0.39, 0.29) is 11.4 Å². The van der Waals surface area contributed by atoms with Gasteiger partial charge >= 0.3 is 0 Å². The van der Waals surface area contributed by atoms with Gasteiger partial charge in [-0.2, -0.15) is 0 Å². The Morgan fingerprint density at radius 3 is 2.76 bits per heavy atom. The summed E-state index contributed by atoms with van der Waals surface area (Å²) in [6.07, 6.45) is 0. The Balaban J connectivity index is 2.21. The predicted molar refractivity (Wildman–Crippen MR) is 60.3 cm³/mol. The van der Waals surface area contributed by atoms with E-state index in [1.807, 2.05) is 6.92 Å². The molecule has 0 bridgehead atoms. The molecule has 0 saturated heterocycles. The lowest BCUT2D eigenvalue weighted by Gasteiger charge is -2.04. The number of aryl methyl sites for hydroxylation is 2. The Hall–Kier alpha value is -2.17. The molecule has 0 aliphatic carbocycles. The molecule has 0 aliphatic heterocycles. The zero-order valence-electron chi connectivity index (χ0n) is 9.45. The molecule has 0 aliphatic rings. The van der Waals surface area contributed by atoms with Crippen LogP contribution in [0.5, 0.6) is 0 Å². The summed E-state index contributed by atoms with van der Waals surface area (Å²) in [5.41, 5.74) is 1.58. The van der Waals surface area contributed by atoms with Gasteiger partial charge in [0.1, 0.15) is 5.82 Å². The number of nitrogens with zero attached hydrogens (tertiary/aromatic N) is 1. The lowest BCUT2D eigenvalue weighted by atomic mass is 10.2. The second-order valence-electron chi connectivity index (χ2n) is 3.77.